The van der Waals surface area contributed by atoms with Gasteiger partial charge in [-0.15, -0.1) is 0 Å². The van der Waals surface area contributed by atoms with Gasteiger partial charge in [-0.1, -0.05) is 19.9 Å². The van der Waals surface area contributed by atoms with Crippen LogP contribution in [-0.4, -0.2) is 10.5 Å². The molecule has 0 spiro atoms. The van der Waals surface area contributed by atoms with Crippen molar-refractivity contribution < 1.29 is 9.18 Å². The lowest BCUT2D eigenvalue weighted by molar-refractivity contribution is 0.102. The molecule has 0 aliphatic carbocycles. The Morgan fingerprint density at radius 1 is 1.25 bits per heavy atom. The van der Waals surface area contributed by atoms with E-state index in [0.29, 0.717) is 18.0 Å². The summed E-state index contributed by atoms with van der Waals surface area (Å²) in [6, 6.07) is 6.20. The Labute approximate surface area is 141 Å². The molecule has 0 saturated heterocycles. The monoisotopic (exact) mass is 330 g/mol. The summed E-state index contributed by atoms with van der Waals surface area (Å²) in [4.78, 5) is 25.1. The molecule has 0 aliphatic rings. The molecule has 24 heavy (non-hydrogen) atoms. The molecule has 5 heteroatoms. The number of hydrogen-bond acceptors (Lipinski definition) is 2. The average molecular weight is 330 g/mol. The first-order valence-corrected chi connectivity index (χ1v) is 8.07. The van der Waals surface area contributed by atoms with Crippen molar-refractivity contribution in [2.75, 3.05) is 5.32 Å². The van der Waals surface area contributed by atoms with E-state index < -0.39 is 11.7 Å². The summed E-state index contributed by atoms with van der Waals surface area (Å²) in [6.07, 6.45) is 2.54. The number of nitrogens with one attached hydrogen (secondary N) is 1. The first-order chi connectivity index (χ1) is 11.3. The van der Waals surface area contributed by atoms with Crippen LogP contribution in [-0.2, 0) is 6.54 Å². The minimum atomic E-state index is -0.583. The summed E-state index contributed by atoms with van der Waals surface area (Å²) in [5, 5.41) is 2.51. The molecule has 1 N–H and O–H groups in total. The number of carbonyl (C=O) groups is 1. The first-order valence-electron chi connectivity index (χ1n) is 8.07. The van der Waals surface area contributed by atoms with Crippen molar-refractivity contribution in [2.24, 2.45) is 5.92 Å². The van der Waals surface area contributed by atoms with Gasteiger partial charge in [0.1, 0.15) is 11.4 Å². The van der Waals surface area contributed by atoms with E-state index in [-0.39, 0.29) is 16.8 Å². The zero-order valence-corrected chi connectivity index (χ0v) is 14.5. The number of pyridine rings is 1. The van der Waals surface area contributed by atoms with Crippen LogP contribution in [0.25, 0.3) is 0 Å². The second kappa shape index (κ2) is 7.43. The van der Waals surface area contributed by atoms with Crippen LogP contribution in [0.2, 0.25) is 0 Å². The Balaban J connectivity index is 2.33. The molecule has 1 aromatic heterocycles. The van der Waals surface area contributed by atoms with E-state index in [1.165, 1.54) is 10.6 Å². The summed E-state index contributed by atoms with van der Waals surface area (Å²) in [7, 11) is 0. The van der Waals surface area contributed by atoms with Gasteiger partial charge < -0.3 is 9.88 Å². The Bertz CT molecular complexity index is 809. The van der Waals surface area contributed by atoms with Crippen LogP contribution in [0.1, 0.15) is 41.8 Å². The van der Waals surface area contributed by atoms with Gasteiger partial charge in [0.25, 0.3) is 11.5 Å². The van der Waals surface area contributed by atoms with E-state index in [1.54, 1.807) is 31.3 Å². The summed E-state index contributed by atoms with van der Waals surface area (Å²) in [5.74, 6) is -0.652. The quantitative estimate of drug-likeness (QED) is 0.904. The number of aromatic nitrogens is 1. The fourth-order valence-electron chi connectivity index (χ4n) is 2.43. The highest BCUT2D eigenvalue weighted by Gasteiger charge is 2.17. The third-order valence-electron chi connectivity index (χ3n) is 3.92. The van der Waals surface area contributed by atoms with Gasteiger partial charge in [-0.25, -0.2) is 4.39 Å². The highest BCUT2D eigenvalue weighted by Crippen LogP contribution is 2.17. The van der Waals surface area contributed by atoms with Crippen LogP contribution < -0.4 is 10.9 Å². The minimum absolute atomic E-state index is 0.0576. The molecule has 2 rings (SSSR count). The lowest BCUT2D eigenvalue weighted by Crippen LogP contribution is -2.30. The number of amides is 1. The van der Waals surface area contributed by atoms with E-state index in [1.807, 2.05) is 6.92 Å². The molecule has 2 aromatic rings. The van der Waals surface area contributed by atoms with Gasteiger partial charge in [-0.2, -0.15) is 0 Å². The number of carbonyl (C=O) groups excluding carboxylic acids is 1. The second-order valence-corrected chi connectivity index (χ2v) is 6.49. The van der Waals surface area contributed by atoms with Crippen molar-refractivity contribution in [1.29, 1.82) is 0 Å². The topological polar surface area (TPSA) is 51.1 Å². The van der Waals surface area contributed by atoms with Crippen molar-refractivity contribution in [3.63, 3.8) is 0 Å². The Kier molecular flexibility index (Phi) is 5.54. The number of benzene rings is 1. The van der Waals surface area contributed by atoms with Crippen molar-refractivity contribution in [2.45, 2.75) is 40.7 Å². The fraction of sp³-hybridized carbons (Fsp3) is 0.368. The molecule has 1 amide bonds. The number of anilines is 1. The molecule has 0 bridgehead atoms. The van der Waals surface area contributed by atoms with Crippen LogP contribution in [0.15, 0.2) is 35.3 Å². The molecule has 4 nitrogen and oxygen atoms in total. The summed E-state index contributed by atoms with van der Waals surface area (Å²) in [5.41, 5.74) is 1.19. The number of rotatable bonds is 5. The Morgan fingerprint density at radius 2 is 1.96 bits per heavy atom. The summed E-state index contributed by atoms with van der Waals surface area (Å²) < 4.78 is 15.4. The maximum Gasteiger partial charge on any atom is 0.263 e. The fourth-order valence-corrected chi connectivity index (χ4v) is 2.43. The molecule has 128 valence electrons. The minimum Gasteiger partial charge on any atom is -0.319 e. The third-order valence-corrected chi connectivity index (χ3v) is 3.92. The van der Waals surface area contributed by atoms with Gasteiger partial charge in [0.05, 0.1) is 5.69 Å². The third kappa shape index (κ3) is 4.10. The van der Waals surface area contributed by atoms with E-state index in [9.17, 15) is 14.0 Å². The van der Waals surface area contributed by atoms with E-state index in [4.69, 9.17) is 0 Å². The van der Waals surface area contributed by atoms with Crippen molar-refractivity contribution in [1.82, 2.24) is 4.57 Å². The molecule has 0 aliphatic heterocycles. The SMILES string of the molecule is Cc1ccc(F)c(NC(=O)c2c(C)ccn(CCC(C)C)c2=O)c1. The lowest BCUT2D eigenvalue weighted by Gasteiger charge is -2.12. The summed E-state index contributed by atoms with van der Waals surface area (Å²) >= 11 is 0. The largest absolute Gasteiger partial charge is 0.319 e. The highest BCUT2D eigenvalue weighted by atomic mass is 19.1. The molecule has 0 radical (unpaired) electrons. The number of halogens is 1. The van der Waals surface area contributed by atoms with Gasteiger partial charge in [-0.05, 0) is 55.5 Å². The zero-order valence-electron chi connectivity index (χ0n) is 14.5. The number of hydrogen-bond donors (Lipinski definition) is 1. The van der Waals surface area contributed by atoms with E-state index >= 15 is 0 Å². The van der Waals surface area contributed by atoms with Crippen LogP contribution >= 0.6 is 0 Å². The molecule has 0 saturated carbocycles. The van der Waals surface area contributed by atoms with Crippen LogP contribution in [0.3, 0.4) is 0 Å². The zero-order chi connectivity index (χ0) is 17.9. The molecular weight excluding hydrogens is 307 g/mol. The predicted octanol–water partition coefficient (Wildman–Crippen LogP) is 3.90. The molecule has 1 heterocycles. The van der Waals surface area contributed by atoms with E-state index in [0.717, 1.165) is 12.0 Å². The van der Waals surface area contributed by atoms with Gasteiger partial charge in [0.15, 0.2) is 0 Å². The lowest BCUT2D eigenvalue weighted by atomic mass is 10.1. The maximum atomic E-state index is 13.8. The Hall–Kier alpha value is -2.43. The summed E-state index contributed by atoms with van der Waals surface area (Å²) in [6.45, 7) is 8.22. The molecular formula is C19H23FN2O2. The van der Waals surface area contributed by atoms with Crippen LogP contribution in [0.4, 0.5) is 10.1 Å². The van der Waals surface area contributed by atoms with Gasteiger partial charge in [0, 0.05) is 12.7 Å². The number of aryl methyl sites for hydroxylation is 3. The van der Waals surface area contributed by atoms with Crippen molar-refractivity contribution in [3.05, 3.63) is 63.3 Å². The van der Waals surface area contributed by atoms with Gasteiger partial charge in [0.2, 0.25) is 0 Å². The normalized spacial score (nSPS) is 10.9. The molecule has 0 unspecified atom stereocenters. The van der Waals surface area contributed by atoms with Crippen LogP contribution in [0.5, 0.6) is 0 Å². The Morgan fingerprint density at radius 3 is 2.62 bits per heavy atom. The van der Waals surface area contributed by atoms with Crippen LogP contribution in [0, 0.1) is 25.6 Å². The van der Waals surface area contributed by atoms with Gasteiger partial charge >= 0.3 is 0 Å². The molecule has 0 atom stereocenters. The second-order valence-electron chi connectivity index (χ2n) is 6.49. The predicted molar refractivity (Wildman–Crippen MR) is 94.0 cm³/mol. The van der Waals surface area contributed by atoms with Crippen molar-refractivity contribution >= 4 is 11.6 Å². The highest BCUT2D eigenvalue weighted by molar-refractivity contribution is 6.05. The van der Waals surface area contributed by atoms with Gasteiger partial charge in [-0.3, -0.25) is 9.59 Å². The maximum absolute atomic E-state index is 13.8. The average Bonchev–Trinajstić information content (AvgIpc) is 2.50. The molecule has 1 aromatic carbocycles. The van der Waals surface area contributed by atoms with E-state index in [2.05, 4.69) is 19.2 Å². The first kappa shape index (κ1) is 17.9. The standard InChI is InChI=1S/C19H23FN2O2/c1-12(2)7-9-22-10-8-14(4)17(19(22)24)18(23)21-16-11-13(3)5-6-15(16)20/h5-6,8,10-12H,7,9H2,1-4H3,(H,21,23). The molecule has 0 fully saturated rings. The number of nitrogens with zero attached hydrogens (tertiary/aromatic N) is 1. The smallest absolute Gasteiger partial charge is 0.263 e. The van der Waals surface area contributed by atoms with Crippen molar-refractivity contribution in [3.8, 4) is 0 Å².